The van der Waals surface area contributed by atoms with Crippen LogP contribution in [0, 0.1) is 12.3 Å². The Labute approximate surface area is 199 Å². The van der Waals surface area contributed by atoms with Crippen molar-refractivity contribution in [2.45, 2.75) is 156 Å². The number of hydrogen-bond acceptors (Lipinski definition) is 0. The van der Waals surface area contributed by atoms with Crippen LogP contribution in [0.3, 0.4) is 0 Å². The van der Waals surface area contributed by atoms with Crippen molar-refractivity contribution in [1.82, 2.24) is 0 Å². The fraction of sp³-hybridized carbons (Fsp3) is 0.933. The summed E-state index contributed by atoms with van der Waals surface area (Å²) in [5, 5.41) is 0. The zero-order chi connectivity index (χ0) is 22.9. The Morgan fingerprint density at radius 3 is 0.935 bits per heavy atom. The number of unbranched alkanes of at least 4 members (excludes halogenated alkanes) is 18. The van der Waals surface area contributed by atoms with Gasteiger partial charge in [0.2, 0.25) is 0 Å². The molecule has 0 aromatic rings. The molecule has 0 aliphatic heterocycles. The van der Waals surface area contributed by atoms with E-state index in [4.69, 9.17) is 6.42 Å². The molecule has 0 radical (unpaired) electrons. The van der Waals surface area contributed by atoms with Crippen molar-refractivity contribution in [3.63, 3.8) is 0 Å². The van der Waals surface area contributed by atoms with Crippen LogP contribution in [0.5, 0.6) is 0 Å². The van der Waals surface area contributed by atoms with Crippen LogP contribution < -0.4 is 0 Å². The van der Waals surface area contributed by atoms with Crippen LogP contribution >= 0.6 is 7.26 Å². The van der Waals surface area contributed by atoms with Gasteiger partial charge in [0.15, 0.2) is 0 Å². The summed E-state index contributed by atoms with van der Waals surface area (Å²) in [6, 6.07) is 0. The molecule has 0 fully saturated rings. The molecule has 0 rings (SSSR count). The molecular weight excluding hydrogens is 391 g/mol. The van der Waals surface area contributed by atoms with Gasteiger partial charge in [0.25, 0.3) is 0 Å². The Morgan fingerprint density at radius 2 is 0.677 bits per heavy atom. The van der Waals surface area contributed by atoms with Crippen molar-refractivity contribution in [1.29, 1.82) is 0 Å². The molecule has 0 bridgehead atoms. The Hall–Kier alpha value is -0.0100. The molecule has 0 nitrogen and oxygen atoms in total. The molecule has 1 heteroatoms. The molecule has 0 amide bonds. The predicted molar refractivity (Wildman–Crippen MR) is 151 cm³/mol. The topological polar surface area (TPSA) is 0 Å². The zero-order valence-corrected chi connectivity index (χ0v) is 23.3. The monoisotopic (exact) mass is 452 g/mol. The number of rotatable bonds is 25. The summed E-state index contributed by atoms with van der Waals surface area (Å²) in [6.07, 6.45) is 41.8. The molecule has 0 aliphatic rings. The Kier molecular flexibility index (Phi) is 24.6. The first-order valence-electron chi connectivity index (χ1n) is 14.7. The summed E-state index contributed by atoms with van der Waals surface area (Å²) in [7, 11) is -1.26. The minimum absolute atomic E-state index is 1.16. The number of hydrogen-bond donors (Lipinski definition) is 0. The second-order valence-electron chi connectivity index (χ2n) is 10.5. The average Bonchev–Trinajstić information content (AvgIpc) is 2.77. The maximum atomic E-state index is 5.95. The van der Waals surface area contributed by atoms with Crippen LogP contribution in [0.25, 0.3) is 0 Å². The van der Waals surface area contributed by atoms with E-state index in [1.165, 1.54) is 153 Å². The van der Waals surface area contributed by atoms with Gasteiger partial charge < -0.3 is 0 Å². The number of terminal acetylenes is 1. The molecule has 31 heavy (non-hydrogen) atoms. The molecule has 0 aliphatic carbocycles. The van der Waals surface area contributed by atoms with Gasteiger partial charge in [-0.1, -0.05) is 0 Å². The van der Waals surface area contributed by atoms with E-state index in [1.54, 1.807) is 0 Å². The Bertz CT molecular complexity index is 382. The first-order valence-corrected chi connectivity index (χ1v) is 17.5. The van der Waals surface area contributed by atoms with E-state index >= 15 is 0 Å². The summed E-state index contributed by atoms with van der Waals surface area (Å²) >= 11 is 0. The molecule has 0 heterocycles. The summed E-state index contributed by atoms with van der Waals surface area (Å²) < 4.78 is 0. The summed E-state index contributed by atoms with van der Waals surface area (Å²) in [6.45, 7) is 6.94. The fourth-order valence-electron chi connectivity index (χ4n) is 5.23. The normalized spacial score (nSPS) is 12.2. The fourth-order valence-corrected chi connectivity index (χ4v) is 9.94. The summed E-state index contributed by atoms with van der Waals surface area (Å²) in [4.78, 5) is 0. The Morgan fingerprint density at radius 1 is 0.419 bits per heavy atom. The van der Waals surface area contributed by atoms with Crippen molar-refractivity contribution >= 4 is 7.26 Å². The Balaban J connectivity index is 4.39. The SMILES string of the molecule is C#CC[PH](CCCCCCCC)(CCCCCCCCC)CCCCCCCCCC. The van der Waals surface area contributed by atoms with Crippen molar-refractivity contribution in [3.8, 4) is 12.3 Å². The van der Waals surface area contributed by atoms with Gasteiger partial charge in [0.1, 0.15) is 0 Å². The van der Waals surface area contributed by atoms with Gasteiger partial charge in [-0.2, -0.15) is 0 Å². The van der Waals surface area contributed by atoms with Gasteiger partial charge in [-0.3, -0.25) is 0 Å². The summed E-state index contributed by atoms with van der Waals surface area (Å²) in [5.41, 5.74) is 0. The van der Waals surface area contributed by atoms with Crippen molar-refractivity contribution in [3.05, 3.63) is 0 Å². The minimum atomic E-state index is -1.26. The molecule has 0 aromatic heterocycles. The van der Waals surface area contributed by atoms with E-state index in [1.807, 2.05) is 0 Å². The van der Waals surface area contributed by atoms with Crippen LogP contribution in [-0.2, 0) is 0 Å². The first kappa shape index (κ1) is 31.0. The third kappa shape index (κ3) is 20.3. The third-order valence-electron chi connectivity index (χ3n) is 7.41. The van der Waals surface area contributed by atoms with Gasteiger partial charge in [-0.05, 0) is 0 Å². The molecule has 0 N–H and O–H groups in total. The third-order valence-corrected chi connectivity index (χ3v) is 12.6. The first-order chi connectivity index (χ1) is 15.2. The molecule has 0 spiro atoms. The van der Waals surface area contributed by atoms with E-state index in [0.717, 1.165) is 6.16 Å². The molecule has 0 unspecified atom stereocenters. The molecule has 186 valence electrons. The van der Waals surface area contributed by atoms with Gasteiger partial charge in [0, 0.05) is 0 Å². The van der Waals surface area contributed by atoms with Crippen LogP contribution in [0.2, 0.25) is 0 Å². The van der Waals surface area contributed by atoms with Crippen molar-refractivity contribution in [2.24, 2.45) is 0 Å². The van der Waals surface area contributed by atoms with E-state index in [9.17, 15) is 0 Å². The van der Waals surface area contributed by atoms with Gasteiger partial charge >= 0.3 is 200 Å². The van der Waals surface area contributed by atoms with Gasteiger partial charge in [-0.15, -0.1) is 0 Å². The van der Waals surface area contributed by atoms with E-state index in [0.29, 0.717) is 0 Å². The van der Waals surface area contributed by atoms with Crippen LogP contribution in [0.4, 0.5) is 0 Å². The predicted octanol–water partition coefficient (Wildman–Crippen LogP) is 10.6. The second kappa shape index (κ2) is 24.6. The average molecular weight is 453 g/mol. The van der Waals surface area contributed by atoms with Crippen molar-refractivity contribution in [2.75, 3.05) is 24.6 Å². The molecular formula is C30H61P. The zero-order valence-electron chi connectivity index (χ0n) is 22.3. The maximum absolute atomic E-state index is 5.95. The van der Waals surface area contributed by atoms with Crippen LogP contribution in [0.1, 0.15) is 156 Å². The van der Waals surface area contributed by atoms with E-state index in [2.05, 4.69) is 26.7 Å². The van der Waals surface area contributed by atoms with Crippen LogP contribution in [-0.4, -0.2) is 24.6 Å². The molecule has 0 saturated heterocycles. The van der Waals surface area contributed by atoms with E-state index < -0.39 is 7.26 Å². The standard InChI is InChI=1S/C30H61P/c1-5-9-12-15-18-20-23-26-30-31(27-8-4,28-24-21-17-14-11-7-3)29-25-22-19-16-13-10-6-2/h4,31H,5-7,9-30H2,1-3H3. The molecule has 0 saturated carbocycles. The molecule has 0 atom stereocenters. The van der Waals surface area contributed by atoms with Gasteiger partial charge in [-0.25, -0.2) is 0 Å². The quantitative estimate of drug-likeness (QED) is 0.0733. The van der Waals surface area contributed by atoms with Crippen molar-refractivity contribution < 1.29 is 0 Å². The second-order valence-corrected chi connectivity index (χ2v) is 15.3. The van der Waals surface area contributed by atoms with Crippen LogP contribution in [0.15, 0.2) is 0 Å². The summed E-state index contributed by atoms with van der Waals surface area (Å²) in [5.74, 6) is 3.18. The van der Waals surface area contributed by atoms with Gasteiger partial charge in [0.05, 0.1) is 0 Å². The molecule has 0 aromatic carbocycles. The van der Waals surface area contributed by atoms with E-state index in [-0.39, 0.29) is 0 Å².